The van der Waals surface area contributed by atoms with E-state index in [0.717, 1.165) is 36.2 Å². The topological polar surface area (TPSA) is 61.4 Å². The Morgan fingerprint density at radius 2 is 2.11 bits per heavy atom. The normalized spacial score (nSPS) is 23.1. The highest BCUT2D eigenvalue weighted by Crippen LogP contribution is 2.25. The number of piperidine rings is 1. The van der Waals surface area contributed by atoms with Crippen molar-refractivity contribution in [1.82, 2.24) is 5.32 Å². The summed E-state index contributed by atoms with van der Waals surface area (Å²) in [7, 11) is 0. The molecule has 0 aliphatic carbocycles. The highest BCUT2D eigenvalue weighted by atomic mass is 16.3. The second-order valence-electron chi connectivity index (χ2n) is 5.58. The number of phenols is 1. The zero-order valence-electron chi connectivity index (χ0n) is 11.8. The summed E-state index contributed by atoms with van der Waals surface area (Å²) in [6.45, 7) is 6.78. The minimum absolute atomic E-state index is 0.0136. The number of aryl methyl sites for hydroxylation is 2. The number of carbonyl (C=O) groups is 1. The average molecular weight is 262 g/mol. The van der Waals surface area contributed by atoms with Crippen molar-refractivity contribution in [3.05, 3.63) is 23.3 Å². The van der Waals surface area contributed by atoms with Gasteiger partial charge in [-0.3, -0.25) is 4.79 Å². The largest absolute Gasteiger partial charge is 0.508 e. The van der Waals surface area contributed by atoms with Crippen molar-refractivity contribution < 1.29 is 9.90 Å². The van der Waals surface area contributed by atoms with E-state index in [1.165, 1.54) is 0 Å². The predicted octanol–water partition coefficient (Wildman–Crippen LogP) is 2.34. The van der Waals surface area contributed by atoms with Gasteiger partial charge in [0.15, 0.2) is 0 Å². The van der Waals surface area contributed by atoms with Crippen LogP contribution in [0.1, 0.15) is 30.9 Å². The molecular weight excluding hydrogens is 240 g/mol. The van der Waals surface area contributed by atoms with Gasteiger partial charge < -0.3 is 15.7 Å². The molecule has 1 aromatic rings. The number of benzene rings is 1. The molecule has 1 aliphatic heterocycles. The molecule has 2 atom stereocenters. The lowest BCUT2D eigenvalue weighted by Gasteiger charge is -2.27. The van der Waals surface area contributed by atoms with Gasteiger partial charge in [0, 0.05) is 5.69 Å². The van der Waals surface area contributed by atoms with E-state index in [1.54, 1.807) is 6.07 Å². The van der Waals surface area contributed by atoms with Gasteiger partial charge in [-0.25, -0.2) is 0 Å². The van der Waals surface area contributed by atoms with Gasteiger partial charge >= 0.3 is 0 Å². The summed E-state index contributed by atoms with van der Waals surface area (Å²) in [6, 6.07) is 3.38. The van der Waals surface area contributed by atoms with E-state index in [2.05, 4.69) is 17.6 Å². The molecule has 2 rings (SSSR count). The Hall–Kier alpha value is -1.55. The molecule has 3 N–H and O–H groups in total. The number of amides is 1. The van der Waals surface area contributed by atoms with Crippen molar-refractivity contribution in [2.24, 2.45) is 5.92 Å². The molecule has 0 spiro atoms. The van der Waals surface area contributed by atoms with E-state index in [9.17, 15) is 9.90 Å². The van der Waals surface area contributed by atoms with Crippen LogP contribution in [0.4, 0.5) is 5.69 Å². The number of nitrogens with one attached hydrogen (secondary N) is 2. The van der Waals surface area contributed by atoms with E-state index in [-0.39, 0.29) is 17.7 Å². The van der Waals surface area contributed by atoms with Crippen LogP contribution >= 0.6 is 0 Å². The number of aromatic hydroxyl groups is 1. The molecule has 19 heavy (non-hydrogen) atoms. The summed E-state index contributed by atoms with van der Waals surface area (Å²) in [5.41, 5.74) is 2.42. The molecule has 4 nitrogen and oxygen atoms in total. The molecule has 4 heteroatoms. The molecule has 0 aromatic heterocycles. The van der Waals surface area contributed by atoms with Crippen LogP contribution in [-0.4, -0.2) is 23.6 Å². The van der Waals surface area contributed by atoms with E-state index in [0.29, 0.717) is 5.92 Å². The first kappa shape index (κ1) is 13.9. The van der Waals surface area contributed by atoms with Crippen LogP contribution in [0.2, 0.25) is 0 Å². The number of carbonyl (C=O) groups excluding carboxylic acids is 1. The van der Waals surface area contributed by atoms with Crippen molar-refractivity contribution in [2.45, 2.75) is 39.7 Å². The Bertz CT molecular complexity index is 485. The molecule has 1 aliphatic rings. The Morgan fingerprint density at radius 3 is 2.79 bits per heavy atom. The lowest BCUT2D eigenvalue weighted by atomic mass is 9.94. The Labute approximate surface area is 114 Å². The first-order chi connectivity index (χ1) is 8.97. The third kappa shape index (κ3) is 3.26. The number of hydrogen-bond acceptors (Lipinski definition) is 3. The highest BCUT2D eigenvalue weighted by Gasteiger charge is 2.24. The first-order valence-corrected chi connectivity index (χ1v) is 6.82. The second kappa shape index (κ2) is 5.61. The van der Waals surface area contributed by atoms with Crippen molar-refractivity contribution in [2.75, 3.05) is 11.9 Å². The van der Waals surface area contributed by atoms with Crippen molar-refractivity contribution in [1.29, 1.82) is 0 Å². The van der Waals surface area contributed by atoms with Gasteiger partial charge in [0.05, 0.1) is 6.04 Å². The molecule has 1 saturated heterocycles. The lowest BCUT2D eigenvalue weighted by molar-refractivity contribution is -0.119. The van der Waals surface area contributed by atoms with Gasteiger partial charge in [0.2, 0.25) is 5.91 Å². The van der Waals surface area contributed by atoms with E-state index in [1.807, 2.05) is 19.9 Å². The molecule has 1 aromatic carbocycles. The summed E-state index contributed by atoms with van der Waals surface area (Å²) in [6.07, 6.45) is 2.00. The summed E-state index contributed by atoms with van der Waals surface area (Å²) in [4.78, 5) is 12.2. The van der Waals surface area contributed by atoms with Gasteiger partial charge in [-0.2, -0.15) is 0 Å². The molecule has 1 amide bonds. The zero-order chi connectivity index (χ0) is 14.0. The Kier molecular flexibility index (Phi) is 4.10. The maximum atomic E-state index is 12.2. The molecular formula is C15H22N2O2. The molecule has 0 radical (unpaired) electrons. The van der Waals surface area contributed by atoms with Crippen molar-refractivity contribution in [3.8, 4) is 5.75 Å². The fourth-order valence-electron chi connectivity index (χ4n) is 2.46. The molecule has 2 unspecified atom stereocenters. The van der Waals surface area contributed by atoms with Gasteiger partial charge in [-0.1, -0.05) is 6.92 Å². The summed E-state index contributed by atoms with van der Waals surface area (Å²) in [5.74, 6) is 0.860. The first-order valence-electron chi connectivity index (χ1n) is 6.82. The molecule has 0 saturated carbocycles. The molecule has 104 valence electrons. The van der Waals surface area contributed by atoms with E-state index < -0.39 is 0 Å². The molecule has 0 bridgehead atoms. The van der Waals surface area contributed by atoms with Crippen LogP contribution in [0, 0.1) is 19.8 Å². The van der Waals surface area contributed by atoms with Gasteiger partial charge in [0.1, 0.15) is 5.75 Å². The standard InChI is InChI=1S/C15H22N2O2/c1-9-4-5-16-13(6-9)15(19)17-12-7-11(3)14(18)8-10(12)2/h7-9,13,16,18H,4-6H2,1-3H3,(H,17,19). The fraction of sp³-hybridized carbons (Fsp3) is 0.533. The minimum atomic E-state index is -0.114. The zero-order valence-corrected chi connectivity index (χ0v) is 11.8. The van der Waals surface area contributed by atoms with Gasteiger partial charge in [0.25, 0.3) is 0 Å². The summed E-state index contributed by atoms with van der Waals surface area (Å²) in [5, 5.41) is 15.8. The molecule has 1 fully saturated rings. The summed E-state index contributed by atoms with van der Waals surface area (Å²) >= 11 is 0. The second-order valence-corrected chi connectivity index (χ2v) is 5.58. The van der Waals surface area contributed by atoms with Crippen LogP contribution in [0.25, 0.3) is 0 Å². The fourth-order valence-corrected chi connectivity index (χ4v) is 2.46. The minimum Gasteiger partial charge on any atom is -0.508 e. The number of phenolic OH excluding ortho intramolecular Hbond substituents is 1. The number of hydrogen-bond donors (Lipinski definition) is 3. The number of rotatable bonds is 2. The predicted molar refractivity (Wildman–Crippen MR) is 76.4 cm³/mol. The Morgan fingerprint density at radius 1 is 1.37 bits per heavy atom. The lowest BCUT2D eigenvalue weighted by Crippen LogP contribution is -2.45. The number of anilines is 1. The van der Waals surface area contributed by atoms with Gasteiger partial charge in [-0.05, 0) is 62.4 Å². The summed E-state index contributed by atoms with van der Waals surface area (Å²) < 4.78 is 0. The highest BCUT2D eigenvalue weighted by molar-refractivity contribution is 5.95. The maximum absolute atomic E-state index is 12.2. The monoisotopic (exact) mass is 262 g/mol. The van der Waals surface area contributed by atoms with E-state index in [4.69, 9.17) is 0 Å². The maximum Gasteiger partial charge on any atom is 0.241 e. The van der Waals surface area contributed by atoms with Crippen LogP contribution in [0.3, 0.4) is 0 Å². The SMILES string of the molecule is Cc1cc(NC(=O)C2CC(C)CCN2)c(C)cc1O. The van der Waals surface area contributed by atoms with Crippen LogP contribution in [-0.2, 0) is 4.79 Å². The third-order valence-electron chi connectivity index (χ3n) is 3.78. The van der Waals surface area contributed by atoms with Crippen LogP contribution in [0.5, 0.6) is 5.75 Å². The molecule has 1 heterocycles. The van der Waals surface area contributed by atoms with Crippen LogP contribution < -0.4 is 10.6 Å². The average Bonchev–Trinajstić information content (AvgIpc) is 2.36. The quantitative estimate of drug-likeness (QED) is 0.717. The Balaban J connectivity index is 2.08. The smallest absolute Gasteiger partial charge is 0.241 e. The van der Waals surface area contributed by atoms with Crippen LogP contribution in [0.15, 0.2) is 12.1 Å². The van der Waals surface area contributed by atoms with Gasteiger partial charge in [-0.15, -0.1) is 0 Å². The van der Waals surface area contributed by atoms with Crippen molar-refractivity contribution >= 4 is 11.6 Å². The van der Waals surface area contributed by atoms with Crippen molar-refractivity contribution in [3.63, 3.8) is 0 Å². The van der Waals surface area contributed by atoms with E-state index >= 15 is 0 Å². The third-order valence-corrected chi connectivity index (χ3v) is 3.78.